The molecular weight excluding hydrogens is 314 g/mol. The largest absolute Gasteiger partial charge is 0.382 e. The van der Waals surface area contributed by atoms with Crippen molar-refractivity contribution in [2.75, 3.05) is 0 Å². The SMILES string of the molecule is CC(c1ccncc1)C(O)(Cn1ccnn1)c1ccc(F)cc1F. The van der Waals surface area contributed by atoms with Crippen molar-refractivity contribution in [3.63, 3.8) is 0 Å². The molecule has 3 rings (SSSR count). The van der Waals surface area contributed by atoms with Gasteiger partial charge in [0.15, 0.2) is 0 Å². The van der Waals surface area contributed by atoms with Crippen LogP contribution >= 0.6 is 0 Å². The molecule has 5 nitrogen and oxygen atoms in total. The van der Waals surface area contributed by atoms with Gasteiger partial charge in [-0.2, -0.15) is 0 Å². The van der Waals surface area contributed by atoms with Crippen molar-refractivity contribution in [1.29, 1.82) is 0 Å². The van der Waals surface area contributed by atoms with Gasteiger partial charge in [-0.3, -0.25) is 4.98 Å². The molecule has 0 saturated carbocycles. The maximum absolute atomic E-state index is 14.4. The molecule has 0 spiro atoms. The van der Waals surface area contributed by atoms with Gasteiger partial charge in [-0.15, -0.1) is 5.10 Å². The third-order valence-corrected chi connectivity index (χ3v) is 4.19. The fraction of sp³-hybridized carbons (Fsp3) is 0.235. The fourth-order valence-electron chi connectivity index (χ4n) is 2.79. The summed E-state index contributed by atoms with van der Waals surface area (Å²) >= 11 is 0. The van der Waals surface area contributed by atoms with E-state index in [1.807, 2.05) is 0 Å². The highest BCUT2D eigenvalue weighted by atomic mass is 19.1. The van der Waals surface area contributed by atoms with Crippen LogP contribution in [0, 0.1) is 11.6 Å². The van der Waals surface area contributed by atoms with Gasteiger partial charge in [0.1, 0.15) is 17.2 Å². The first-order valence-corrected chi connectivity index (χ1v) is 7.42. The molecule has 0 aliphatic carbocycles. The van der Waals surface area contributed by atoms with Gasteiger partial charge in [0.2, 0.25) is 0 Å². The molecule has 1 aromatic carbocycles. The number of aromatic nitrogens is 4. The summed E-state index contributed by atoms with van der Waals surface area (Å²) in [5.41, 5.74) is -0.868. The van der Waals surface area contributed by atoms with Crippen LogP contribution in [-0.4, -0.2) is 25.1 Å². The first-order chi connectivity index (χ1) is 11.5. The second-order valence-electron chi connectivity index (χ2n) is 5.65. The molecule has 1 N–H and O–H groups in total. The Labute approximate surface area is 137 Å². The maximum Gasteiger partial charge on any atom is 0.132 e. The topological polar surface area (TPSA) is 63.8 Å². The van der Waals surface area contributed by atoms with Gasteiger partial charge >= 0.3 is 0 Å². The van der Waals surface area contributed by atoms with Crippen LogP contribution in [0.15, 0.2) is 55.1 Å². The summed E-state index contributed by atoms with van der Waals surface area (Å²) in [5.74, 6) is -2.00. The molecule has 2 aromatic heterocycles. The van der Waals surface area contributed by atoms with Gasteiger partial charge in [0.25, 0.3) is 0 Å². The highest BCUT2D eigenvalue weighted by Crippen LogP contribution is 2.39. The Balaban J connectivity index is 2.09. The molecule has 0 aliphatic heterocycles. The van der Waals surface area contributed by atoms with E-state index in [-0.39, 0.29) is 12.1 Å². The van der Waals surface area contributed by atoms with Crippen LogP contribution in [0.2, 0.25) is 0 Å². The van der Waals surface area contributed by atoms with Gasteiger partial charge in [-0.05, 0) is 23.8 Å². The van der Waals surface area contributed by atoms with Crippen LogP contribution in [-0.2, 0) is 12.1 Å². The number of halogens is 2. The standard InChI is InChI=1S/C17H16F2N4O/c1-12(13-4-6-20-7-5-13)17(24,11-23-9-8-21-22-23)15-3-2-14(18)10-16(15)19/h2-10,12,24H,11H2,1H3. The fourth-order valence-corrected chi connectivity index (χ4v) is 2.79. The summed E-state index contributed by atoms with van der Waals surface area (Å²) in [6.07, 6.45) is 6.25. The van der Waals surface area contributed by atoms with Crippen LogP contribution in [0.1, 0.15) is 24.0 Å². The average molecular weight is 330 g/mol. The monoisotopic (exact) mass is 330 g/mol. The molecule has 0 bridgehead atoms. The summed E-state index contributed by atoms with van der Waals surface area (Å²) < 4.78 is 29.1. The van der Waals surface area contributed by atoms with Gasteiger partial charge in [-0.25, -0.2) is 13.5 Å². The third-order valence-electron chi connectivity index (χ3n) is 4.19. The Hall–Kier alpha value is -2.67. The predicted molar refractivity (Wildman–Crippen MR) is 82.9 cm³/mol. The Bertz CT molecular complexity index is 811. The average Bonchev–Trinajstić information content (AvgIpc) is 3.07. The summed E-state index contributed by atoms with van der Waals surface area (Å²) in [6, 6.07) is 6.65. The van der Waals surface area contributed by atoms with Crippen molar-refractivity contribution in [2.24, 2.45) is 0 Å². The summed E-state index contributed by atoms with van der Waals surface area (Å²) in [7, 11) is 0. The van der Waals surface area contributed by atoms with Crippen LogP contribution in [0.25, 0.3) is 0 Å². The van der Waals surface area contributed by atoms with E-state index in [9.17, 15) is 13.9 Å². The Morgan fingerprint density at radius 3 is 2.54 bits per heavy atom. The molecule has 0 saturated heterocycles. The summed E-state index contributed by atoms with van der Waals surface area (Å²) in [5, 5.41) is 18.9. The van der Waals surface area contributed by atoms with Gasteiger partial charge in [-0.1, -0.05) is 18.2 Å². The van der Waals surface area contributed by atoms with E-state index in [1.165, 1.54) is 16.9 Å². The lowest BCUT2D eigenvalue weighted by atomic mass is 9.78. The van der Waals surface area contributed by atoms with Crippen LogP contribution in [0.5, 0.6) is 0 Å². The third kappa shape index (κ3) is 3.03. The molecule has 0 fully saturated rings. The van der Waals surface area contributed by atoms with Gasteiger partial charge < -0.3 is 5.11 Å². The predicted octanol–water partition coefficient (Wildman–Crippen LogP) is 2.64. The lowest BCUT2D eigenvalue weighted by Gasteiger charge is -2.35. The first-order valence-electron chi connectivity index (χ1n) is 7.42. The zero-order valence-electron chi connectivity index (χ0n) is 13.0. The van der Waals surface area contributed by atoms with Crippen LogP contribution in [0.4, 0.5) is 8.78 Å². The lowest BCUT2D eigenvalue weighted by Crippen LogP contribution is -2.38. The zero-order chi connectivity index (χ0) is 17.2. The quantitative estimate of drug-likeness (QED) is 0.781. The summed E-state index contributed by atoms with van der Waals surface area (Å²) in [6.45, 7) is 1.74. The van der Waals surface area contributed by atoms with Crippen molar-refractivity contribution in [3.8, 4) is 0 Å². The highest BCUT2D eigenvalue weighted by molar-refractivity contribution is 5.31. The number of hydrogen-bond donors (Lipinski definition) is 1. The number of pyridine rings is 1. The minimum absolute atomic E-state index is 0.00344. The van der Waals surface area contributed by atoms with Gasteiger partial charge in [0, 0.05) is 36.1 Å². The van der Waals surface area contributed by atoms with E-state index in [0.717, 1.165) is 17.7 Å². The maximum atomic E-state index is 14.4. The van der Waals surface area contributed by atoms with Crippen LogP contribution in [0.3, 0.4) is 0 Å². The van der Waals surface area contributed by atoms with Crippen LogP contribution < -0.4 is 0 Å². The Morgan fingerprint density at radius 2 is 1.92 bits per heavy atom. The molecule has 2 unspecified atom stereocenters. The number of nitrogens with zero attached hydrogens (tertiary/aromatic N) is 4. The molecule has 3 aromatic rings. The Morgan fingerprint density at radius 1 is 1.17 bits per heavy atom. The van der Waals surface area contributed by atoms with Gasteiger partial charge in [0.05, 0.1) is 12.7 Å². The molecule has 2 heterocycles. The first kappa shape index (κ1) is 16.2. The van der Waals surface area contributed by atoms with Crippen molar-refractivity contribution in [2.45, 2.75) is 25.0 Å². The second kappa shape index (κ2) is 6.45. The number of benzene rings is 1. The van der Waals surface area contributed by atoms with E-state index >= 15 is 0 Å². The van der Waals surface area contributed by atoms with E-state index in [0.29, 0.717) is 0 Å². The van der Waals surface area contributed by atoms with E-state index in [4.69, 9.17) is 0 Å². The lowest BCUT2D eigenvalue weighted by molar-refractivity contribution is -0.0115. The molecule has 0 aliphatic rings. The zero-order valence-corrected chi connectivity index (χ0v) is 13.0. The molecule has 0 amide bonds. The molecular formula is C17H16F2N4O. The normalized spacial score (nSPS) is 15.0. The minimum atomic E-state index is -1.65. The molecule has 2 atom stereocenters. The Kier molecular flexibility index (Phi) is 4.35. The molecule has 24 heavy (non-hydrogen) atoms. The second-order valence-corrected chi connectivity index (χ2v) is 5.65. The van der Waals surface area contributed by atoms with Crippen molar-refractivity contribution in [1.82, 2.24) is 20.0 Å². The molecule has 124 valence electrons. The molecule has 0 radical (unpaired) electrons. The van der Waals surface area contributed by atoms with Crippen molar-refractivity contribution < 1.29 is 13.9 Å². The van der Waals surface area contributed by atoms with Crippen molar-refractivity contribution >= 4 is 0 Å². The van der Waals surface area contributed by atoms with E-state index in [2.05, 4.69) is 15.3 Å². The number of hydrogen-bond acceptors (Lipinski definition) is 4. The molecule has 7 heteroatoms. The highest BCUT2D eigenvalue weighted by Gasteiger charge is 2.39. The van der Waals surface area contributed by atoms with Crippen molar-refractivity contribution in [3.05, 3.63) is 77.9 Å². The van der Waals surface area contributed by atoms with E-state index < -0.39 is 23.2 Å². The number of rotatable bonds is 5. The smallest absolute Gasteiger partial charge is 0.132 e. The summed E-state index contributed by atoms with van der Waals surface area (Å²) in [4.78, 5) is 3.95. The number of aliphatic hydroxyl groups is 1. The minimum Gasteiger partial charge on any atom is -0.382 e. The van der Waals surface area contributed by atoms with E-state index in [1.54, 1.807) is 37.6 Å².